The van der Waals surface area contributed by atoms with Crippen molar-refractivity contribution >= 4 is 16.5 Å². The molecule has 2 saturated heterocycles. The van der Waals surface area contributed by atoms with Crippen molar-refractivity contribution in [2.75, 3.05) is 31.1 Å². The van der Waals surface area contributed by atoms with Crippen molar-refractivity contribution in [3.8, 4) is 0 Å². The molecule has 0 spiro atoms. The number of thiazole rings is 1. The van der Waals surface area contributed by atoms with Crippen LogP contribution in [0.1, 0.15) is 45.7 Å². The zero-order chi connectivity index (χ0) is 14.9. The lowest BCUT2D eigenvalue weighted by atomic mass is 10.1. The number of nitrogens with zero attached hydrogens (tertiary/aromatic N) is 3. The van der Waals surface area contributed by atoms with Crippen LogP contribution in [-0.4, -0.2) is 47.6 Å². The summed E-state index contributed by atoms with van der Waals surface area (Å²) in [5.74, 6) is 0. The number of rotatable bonds is 4. The maximum Gasteiger partial charge on any atom is 0.185 e. The van der Waals surface area contributed by atoms with E-state index in [9.17, 15) is 0 Å². The van der Waals surface area contributed by atoms with Gasteiger partial charge in [0.1, 0.15) is 0 Å². The minimum Gasteiger partial charge on any atom is -0.346 e. The van der Waals surface area contributed by atoms with E-state index in [0.717, 1.165) is 12.6 Å². The molecule has 1 aromatic heterocycles. The van der Waals surface area contributed by atoms with Crippen LogP contribution in [0.4, 0.5) is 5.13 Å². The topological polar surface area (TPSA) is 31.4 Å². The Labute approximate surface area is 132 Å². The zero-order valence-corrected chi connectivity index (χ0v) is 14.4. The van der Waals surface area contributed by atoms with Crippen molar-refractivity contribution in [3.63, 3.8) is 0 Å². The molecule has 0 saturated carbocycles. The molecule has 1 aromatic rings. The average Bonchev–Trinajstić information content (AvgIpc) is 3.15. The Balaban J connectivity index is 1.54. The lowest BCUT2D eigenvalue weighted by molar-refractivity contribution is 0.260. The lowest BCUT2D eigenvalue weighted by Gasteiger charge is -2.23. The SMILES string of the molecule is CC(C)(C)NCc1csc(N2CCC(N3CCCC3)C2)n1. The van der Waals surface area contributed by atoms with E-state index in [1.165, 1.54) is 56.3 Å². The molecule has 2 aliphatic heterocycles. The van der Waals surface area contributed by atoms with Gasteiger partial charge in [-0.05, 0) is 53.1 Å². The number of likely N-dealkylation sites (tertiary alicyclic amines) is 1. The Hall–Kier alpha value is -0.650. The molecule has 3 rings (SSSR count). The van der Waals surface area contributed by atoms with Crippen LogP contribution in [0.3, 0.4) is 0 Å². The average molecular weight is 308 g/mol. The molecule has 21 heavy (non-hydrogen) atoms. The first kappa shape index (κ1) is 15.3. The van der Waals surface area contributed by atoms with E-state index in [1.54, 1.807) is 11.3 Å². The predicted octanol–water partition coefficient (Wildman–Crippen LogP) is 2.71. The molecule has 118 valence electrons. The van der Waals surface area contributed by atoms with Gasteiger partial charge in [-0.15, -0.1) is 11.3 Å². The van der Waals surface area contributed by atoms with Gasteiger partial charge in [0, 0.05) is 36.6 Å². The lowest BCUT2D eigenvalue weighted by Crippen LogP contribution is -2.35. The minimum absolute atomic E-state index is 0.151. The molecule has 0 aliphatic carbocycles. The predicted molar refractivity (Wildman–Crippen MR) is 90.1 cm³/mol. The molecule has 0 amide bonds. The number of aromatic nitrogens is 1. The Kier molecular flexibility index (Phi) is 4.52. The molecular formula is C16H28N4S. The molecule has 2 fully saturated rings. The van der Waals surface area contributed by atoms with E-state index >= 15 is 0 Å². The monoisotopic (exact) mass is 308 g/mol. The van der Waals surface area contributed by atoms with Crippen LogP contribution in [0.25, 0.3) is 0 Å². The Morgan fingerprint density at radius 1 is 1.29 bits per heavy atom. The van der Waals surface area contributed by atoms with Crippen LogP contribution in [-0.2, 0) is 6.54 Å². The van der Waals surface area contributed by atoms with E-state index in [-0.39, 0.29) is 5.54 Å². The first-order chi connectivity index (χ1) is 10.0. The van der Waals surface area contributed by atoms with Crippen LogP contribution in [0, 0.1) is 0 Å². The summed E-state index contributed by atoms with van der Waals surface area (Å²) < 4.78 is 0. The van der Waals surface area contributed by atoms with E-state index in [4.69, 9.17) is 4.98 Å². The molecule has 0 radical (unpaired) electrons. The summed E-state index contributed by atoms with van der Waals surface area (Å²) in [6.45, 7) is 12.4. The number of nitrogens with one attached hydrogen (secondary N) is 1. The van der Waals surface area contributed by atoms with E-state index in [0.29, 0.717) is 0 Å². The minimum atomic E-state index is 0.151. The van der Waals surface area contributed by atoms with Gasteiger partial charge >= 0.3 is 0 Å². The Morgan fingerprint density at radius 2 is 2.05 bits per heavy atom. The summed E-state index contributed by atoms with van der Waals surface area (Å²) in [5.41, 5.74) is 1.33. The van der Waals surface area contributed by atoms with Gasteiger partial charge in [-0.3, -0.25) is 4.90 Å². The van der Waals surface area contributed by atoms with Crippen molar-refractivity contribution in [1.29, 1.82) is 0 Å². The maximum atomic E-state index is 4.82. The van der Waals surface area contributed by atoms with Crippen LogP contribution in [0.2, 0.25) is 0 Å². The molecule has 0 aromatic carbocycles. The van der Waals surface area contributed by atoms with Gasteiger partial charge in [0.05, 0.1) is 5.69 Å². The molecule has 1 N–H and O–H groups in total. The first-order valence-corrected chi connectivity index (χ1v) is 9.08. The fourth-order valence-corrected chi connectivity index (χ4v) is 4.06. The highest BCUT2D eigenvalue weighted by molar-refractivity contribution is 7.13. The maximum absolute atomic E-state index is 4.82. The van der Waals surface area contributed by atoms with Crippen molar-refractivity contribution in [2.45, 2.75) is 58.2 Å². The van der Waals surface area contributed by atoms with Gasteiger partial charge in [0.15, 0.2) is 5.13 Å². The van der Waals surface area contributed by atoms with Crippen molar-refractivity contribution in [2.24, 2.45) is 0 Å². The smallest absolute Gasteiger partial charge is 0.185 e. The molecule has 1 unspecified atom stereocenters. The number of hydrogen-bond acceptors (Lipinski definition) is 5. The van der Waals surface area contributed by atoms with Crippen LogP contribution in [0.15, 0.2) is 5.38 Å². The summed E-state index contributed by atoms with van der Waals surface area (Å²) in [6, 6.07) is 0.757. The Morgan fingerprint density at radius 3 is 2.76 bits per heavy atom. The van der Waals surface area contributed by atoms with E-state index in [2.05, 4.69) is 41.3 Å². The zero-order valence-electron chi connectivity index (χ0n) is 13.6. The van der Waals surface area contributed by atoms with E-state index in [1.807, 2.05) is 0 Å². The molecule has 0 bridgehead atoms. The van der Waals surface area contributed by atoms with Gasteiger partial charge in [-0.2, -0.15) is 0 Å². The van der Waals surface area contributed by atoms with Gasteiger partial charge in [0.25, 0.3) is 0 Å². The van der Waals surface area contributed by atoms with Crippen LogP contribution in [0.5, 0.6) is 0 Å². The third-order valence-electron chi connectivity index (χ3n) is 4.43. The Bertz CT molecular complexity index is 459. The summed E-state index contributed by atoms with van der Waals surface area (Å²) in [6.07, 6.45) is 4.07. The van der Waals surface area contributed by atoms with Crippen molar-refractivity contribution in [3.05, 3.63) is 11.1 Å². The molecule has 3 heterocycles. The van der Waals surface area contributed by atoms with E-state index < -0.39 is 0 Å². The summed E-state index contributed by atoms with van der Waals surface area (Å²) >= 11 is 1.80. The molecule has 1 atom stereocenters. The van der Waals surface area contributed by atoms with Gasteiger partial charge in [-0.1, -0.05) is 0 Å². The van der Waals surface area contributed by atoms with Gasteiger partial charge < -0.3 is 10.2 Å². The molecule has 2 aliphatic rings. The largest absolute Gasteiger partial charge is 0.346 e. The fourth-order valence-electron chi connectivity index (χ4n) is 3.20. The van der Waals surface area contributed by atoms with Gasteiger partial charge in [0.2, 0.25) is 0 Å². The second-order valence-corrected chi connectivity index (χ2v) is 8.19. The molecular weight excluding hydrogens is 280 g/mol. The highest BCUT2D eigenvalue weighted by atomic mass is 32.1. The highest BCUT2D eigenvalue weighted by Crippen LogP contribution is 2.27. The van der Waals surface area contributed by atoms with Gasteiger partial charge in [-0.25, -0.2) is 4.98 Å². The van der Waals surface area contributed by atoms with Crippen molar-refractivity contribution < 1.29 is 0 Å². The number of hydrogen-bond donors (Lipinski definition) is 1. The summed E-state index contributed by atoms with van der Waals surface area (Å²) in [7, 11) is 0. The third-order valence-corrected chi connectivity index (χ3v) is 5.38. The van der Waals surface area contributed by atoms with Crippen molar-refractivity contribution in [1.82, 2.24) is 15.2 Å². The number of anilines is 1. The summed E-state index contributed by atoms with van der Waals surface area (Å²) in [5, 5.41) is 6.93. The quantitative estimate of drug-likeness (QED) is 0.927. The summed E-state index contributed by atoms with van der Waals surface area (Å²) in [4.78, 5) is 9.98. The van der Waals surface area contributed by atoms with Crippen LogP contribution < -0.4 is 10.2 Å². The van der Waals surface area contributed by atoms with Crippen LogP contribution >= 0.6 is 11.3 Å². The fraction of sp³-hybridized carbons (Fsp3) is 0.812. The second kappa shape index (κ2) is 6.23. The molecule has 5 heteroatoms. The normalized spacial score (nSPS) is 24.1. The first-order valence-electron chi connectivity index (χ1n) is 8.20. The third kappa shape index (κ3) is 3.96. The highest BCUT2D eigenvalue weighted by Gasteiger charge is 2.30. The second-order valence-electron chi connectivity index (χ2n) is 7.36. The standard InChI is InChI=1S/C16H28N4S/c1-16(2,3)17-10-13-12-21-15(18-13)20-9-6-14(11-20)19-7-4-5-8-19/h12,14,17H,4-11H2,1-3H3. The molecule has 4 nitrogen and oxygen atoms in total.